The molecule has 2 aliphatic rings. The van der Waals surface area contributed by atoms with Crippen molar-refractivity contribution in [1.29, 1.82) is 0 Å². The first-order chi connectivity index (χ1) is 10.1. The summed E-state index contributed by atoms with van der Waals surface area (Å²) in [6, 6.07) is 6.62. The molecular formula is C17H23IN2O. The van der Waals surface area contributed by atoms with Gasteiger partial charge in [-0.25, -0.2) is 0 Å². The van der Waals surface area contributed by atoms with Crippen LogP contribution in [0.2, 0.25) is 0 Å². The normalized spacial score (nSPS) is 28.8. The molecule has 4 heteroatoms. The molecule has 21 heavy (non-hydrogen) atoms. The number of carbonyl (C=O) groups is 1. The van der Waals surface area contributed by atoms with Gasteiger partial charge in [-0.3, -0.25) is 4.79 Å². The summed E-state index contributed by atoms with van der Waals surface area (Å²) in [6.45, 7) is 2.08. The number of anilines is 1. The standard InChI is InChI=1S/C17H23IN2O/c1-11-6-8-13(10-14(11)18)19-17(21)16-9-7-12-4-2-3-5-15(12)20-16/h6,8,10,12,15-16,20H,2-5,7,9H2,1H3,(H,19,21). The molecular weight excluding hydrogens is 375 g/mol. The van der Waals surface area contributed by atoms with E-state index in [1.54, 1.807) is 0 Å². The smallest absolute Gasteiger partial charge is 0.241 e. The number of hydrogen-bond acceptors (Lipinski definition) is 2. The quantitative estimate of drug-likeness (QED) is 0.744. The molecule has 2 N–H and O–H groups in total. The molecule has 1 aromatic carbocycles. The monoisotopic (exact) mass is 398 g/mol. The van der Waals surface area contributed by atoms with E-state index in [1.807, 2.05) is 12.1 Å². The Balaban J connectivity index is 1.61. The molecule has 1 saturated heterocycles. The van der Waals surface area contributed by atoms with Gasteiger partial charge < -0.3 is 10.6 Å². The first-order valence-electron chi connectivity index (χ1n) is 7.96. The third kappa shape index (κ3) is 3.59. The minimum atomic E-state index is -0.0247. The van der Waals surface area contributed by atoms with Crippen LogP contribution in [-0.2, 0) is 4.79 Å². The maximum Gasteiger partial charge on any atom is 0.241 e. The van der Waals surface area contributed by atoms with Gasteiger partial charge in [0.2, 0.25) is 5.91 Å². The van der Waals surface area contributed by atoms with E-state index in [2.05, 4.69) is 46.2 Å². The maximum absolute atomic E-state index is 12.5. The minimum Gasteiger partial charge on any atom is -0.325 e. The Labute approximate surface area is 140 Å². The number of piperidine rings is 1. The molecule has 1 aliphatic heterocycles. The van der Waals surface area contributed by atoms with Gasteiger partial charge in [-0.05, 0) is 78.8 Å². The minimum absolute atomic E-state index is 0.0247. The Morgan fingerprint density at radius 2 is 2.05 bits per heavy atom. The van der Waals surface area contributed by atoms with E-state index >= 15 is 0 Å². The molecule has 3 unspecified atom stereocenters. The van der Waals surface area contributed by atoms with Gasteiger partial charge in [0.05, 0.1) is 6.04 Å². The molecule has 0 spiro atoms. The number of fused-ring (bicyclic) bond motifs is 1. The SMILES string of the molecule is Cc1ccc(NC(=O)C2CCC3CCCCC3N2)cc1I. The fourth-order valence-corrected chi connectivity index (χ4v) is 4.12. The fourth-order valence-electron chi connectivity index (χ4n) is 3.60. The van der Waals surface area contributed by atoms with Gasteiger partial charge >= 0.3 is 0 Å². The van der Waals surface area contributed by atoms with Crippen LogP contribution in [0.15, 0.2) is 18.2 Å². The average Bonchev–Trinajstić information content (AvgIpc) is 2.50. The van der Waals surface area contributed by atoms with Crippen LogP contribution in [0.4, 0.5) is 5.69 Å². The molecule has 1 heterocycles. The van der Waals surface area contributed by atoms with E-state index in [-0.39, 0.29) is 11.9 Å². The number of rotatable bonds is 2. The van der Waals surface area contributed by atoms with Crippen molar-refractivity contribution in [3.05, 3.63) is 27.3 Å². The van der Waals surface area contributed by atoms with Crippen molar-refractivity contribution in [3.63, 3.8) is 0 Å². The summed E-state index contributed by atoms with van der Waals surface area (Å²) < 4.78 is 1.19. The van der Waals surface area contributed by atoms with E-state index in [0.29, 0.717) is 6.04 Å². The van der Waals surface area contributed by atoms with E-state index in [4.69, 9.17) is 0 Å². The van der Waals surface area contributed by atoms with Gasteiger partial charge in [-0.1, -0.05) is 18.9 Å². The molecule has 1 saturated carbocycles. The van der Waals surface area contributed by atoms with Crippen LogP contribution in [0.5, 0.6) is 0 Å². The molecule has 1 aromatic rings. The summed E-state index contributed by atoms with van der Waals surface area (Å²) in [5.74, 6) is 0.918. The summed E-state index contributed by atoms with van der Waals surface area (Å²) in [6.07, 6.45) is 7.40. The van der Waals surface area contributed by atoms with Crippen molar-refractivity contribution in [2.45, 2.75) is 57.5 Å². The van der Waals surface area contributed by atoms with Crippen molar-refractivity contribution >= 4 is 34.2 Å². The third-order valence-corrected chi connectivity index (χ3v) is 6.07. The summed E-state index contributed by atoms with van der Waals surface area (Å²) >= 11 is 2.31. The van der Waals surface area contributed by atoms with Crippen LogP contribution in [0.3, 0.4) is 0 Å². The lowest BCUT2D eigenvalue weighted by molar-refractivity contribution is -0.119. The number of benzene rings is 1. The highest BCUT2D eigenvalue weighted by molar-refractivity contribution is 14.1. The highest BCUT2D eigenvalue weighted by Gasteiger charge is 2.34. The van der Waals surface area contributed by atoms with Gasteiger partial charge in [0.25, 0.3) is 0 Å². The molecule has 0 bridgehead atoms. The molecule has 114 valence electrons. The van der Waals surface area contributed by atoms with Crippen molar-refractivity contribution in [2.75, 3.05) is 5.32 Å². The van der Waals surface area contributed by atoms with E-state index in [9.17, 15) is 4.79 Å². The predicted molar refractivity (Wildman–Crippen MR) is 94.4 cm³/mol. The van der Waals surface area contributed by atoms with Gasteiger partial charge in [0.1, 0.15) is 0 Å². The topological polar surface area (TPSA) is 41.1 Å². The largest absolute Gasteiger partial charge is 0.325 e. The van der Waals surface area contributed by atoms with E-state index in [0.717, 1.165) is 18.0 Å². The van der Waals surface area contributed by atoms with Crippen molar-refractivity contribution in [3.8, 4) is 0 Å². The van der Waals surface area contributed by atoms with Crippen molar-refractivity contribution in [1.82, 2.24) is 5.32 Å². The molecule has 1 amide bonds. The second-order valence-electron chi connectivity index (χ2n) is 6.40. The van der Waals surface area contributed by atoms with Gasteiger partial charge in [-0.2, -0.15) is 0 Å². The predicted octanol–water partition coefficient (Wildman–Crippen LogP) is 3.85. The highest BCUT2D eigenvalue weighted by Crippen LogP contribution is 2.32. The molecule has 3 nitrogen and oxygen atoms in total. The number of amides is 1. The number of halogens is 1. The first-order valence-corrected chi connectivity index (χ1v) is 9.04. The van der Waals surface area contributed by atoms with Gasteiger partial charge in [0.15, 0.2) is 0 Å². The van der Waals surface area contributed by atoms with E-state index in [1.165, 1.54) is 41.2 Å². The molecule has 1 aliphatic carbocycles. The summed E-state index contributed by atoms with van der Waals surface area (Å²) in [7, 11) is 0. The van der Waals surface area contributed by atoms with Crippen LogP contribution in [0, 0.1) is 16.4 Å². The average molecular weight is 398 g/mol. The fraction of sp³-hybridized carbons (Fsp3) is 0.588. The number of carbonyl (C=O) groups excluding carboxylic acids is 1. The highest BCUT2D eigenvalue weighted by atomic mass is 127. The second kappa shape index (κ2) is 6.65. The molecule has 0 radical (unpaired) electrons. The molecule has 2 fully saturated rings. The van der Waals surface area contributed by atoms with Crippen LogP contribution in [0.1, 0.15) is 44.1 Å². The lowest BCUT2D eigenvalue weighted by Gasteiger charge is -2.39. The molecule has 0 aromatic heterocycles. The Kier molecular flexibility index (Phi) is 4.84. The number of nitrogens with one attached hydrogen (secondary N) is 2. The van der Waals surface area contributed by atoms with E-state index < -0.39 is 0 Å². The zero-order valence-corrected chi connectivity index (χ0v) is 14.7. The van der Waals surface area contributed by atoms with Crippen molar-refractivity contribution < 1.29 is 4.79 Å². The summed E-state index contributed by atoms with van der Waals surface area (Å²) in [5, 5.41) is 6.66. The third-order valence-electron chi connectivity index (χ3n) is 4.91. The lowest BCUT2D eigenvalue weighted by Crippen LogP contribution is -2.53. The molecule has 3 atom stereocenters. The van der Waals surface area contributed by atoms with Crippen molar-refractivity contribution in [2.24, 2.45) is 5.92 Å². The van der Waals surface area contributed by atoms with Crippen LogP contribution in [-0.4, -0.2) is 18.0 Å². The Bertz CT molecular complexity index is 532. The number of aryl methyl sites for hydroxylation is 1. The Morgan fingerprint density at radius 3 is 2.86 bits per heavy atom. The maximum atomic E-state index is 12.5. The van der Waals surface area contributed by atoms with Crippen LogP contribution < -0.4 is 10.6 Å². The van der Waals surface area contributed by atoms with Gasteiger partial charge in [-0.15, -0.1) is 0 Å². The lowest BCUT2D eigenvalue weighted by atomic mass is 9.77. The van der Waals surface area contributed by atoms with Gasteiger partial charge in [0, 0.05) is 15.3 Å². The van der Waals surface area contributed by atoms with Crippen LogP contribution in [0.25, 0.3) is 0 Å². The second-order valence-corrected chi connectivity index (χ2v) is 7.56. The van der Waals surface area contributed by atoms with Crippen LogP contribution >= 0.6 is 22.6 Å². The molecule has 3 rings (SSSR count). The summed E-state index contributed by atoms with van der Waals surface area (Å²) in [4.78, 5) is 12.5. The summed E-state index contributed by atoms with van der Waals surface area (Å²) in [5.41, 5.74) is 2.15. The Hall–Kier alpha value is -0.620. The zero-order valence-electron chi connectivity index (χ0n) is 12.5. The first kappa shape index (κ1) is 15.3. The Morgan fingerprint density at radius 1 is 1.24 bits per heavy atom. The number of hydrogen-bond donors (Lipinski definition) is 2. The zero-order chi connectivity index (χ0) is 14.8.